The Morgan fingerprint density at radius 1 is 1.24 bits per heavy atom. The van der Waals surface area contributed by atoms with Crippen LogP contribution in [0.3, 0.4) is 0 Å². The van der Waals surface area contributed by atoms with Crippen LogP contribution in [0.1, 0.15) is 28.8 Å². The van der Waals surface area contributed by atoms with Gasteiger partial charge in [-0.25, -0.2) is 4.79 Å². The van der Waals surface area contributed by atoms with Crippen LogP contribution in [0, 0.1) is 5.92 Å². The van der Waals surface area contributed by atoms with Gasteiger partial charge in [-0.2, -0.15) is 0 Å². The zero-order valence-electron chi connectivity index (χ0n) is 11.3. The average molecular weight is 288 g/mol. The van der Waals surface area contributed by atoms with E-state index < -0.39 is 23.8 Å². The van der Waals surface area contributed by atoms with E-state index in [0.29, 0.717) is 11.1 Å². The van der Waals surface area contributed by atoms with Gasteiger partial charge in [0.15, 0.2) is 0 Å². The molecular formula is C15H16N2O4. The molecule has 0 radical (unpaired) electrons. The van der Waals surface area contributed by atoms with Crippen LogP contribution in [0.4, 0.5) is 0 Å². The molecule has 1 atom stereocenters. The third-order valence-corrected chi connectivity index (χ3v) is 3.28. The second-order valence-electron chi connectivity index (χ2n) is 4.98. The van der Waals surface area contributed by atoms with Crippen molar-refractivity contribution in [1.29, 1.82) is 0 Å². The summed E-state index contributed by atoms with van der Waals surface area (Å²) in [6.45, 7) is 0. The molecule has 2 rings (SSSR count). The first-order valence-corrected chi connectivity index (χ1v) is 6.58. The number of carbonyl (C=O) groups excluding carboxylic acids is 2. The maximum atomic E-state index is 11.7. The molecule has 0 heterocycles. The van der Waals surface area contributed by atoms with Gasteiger partial charge in [0.2, 0.25) is 11.8 Å². The van der Waals surface area contributed by atoms with Gasteiger partial charge in [0, 0.05) is 11.6 Å². The normalized spacial score (nSPS) is 15.6. The van der Waals surface area contributed by atoms with E-state index in [1.165, 1.54) is 6.08 Å². The first kappa shape index (κ1) is 14.8. The third-order valence-electron chi connectivity index (χ3n) is 3.28. The molecule has 2 amide bonds. The molecule has 110 valence electrons. The average Bonchev–Trinajstić information content (AvgIpc) is 3.27. The van der Waals surface area contributed by atoms with Crippen molar-refractivity contribution < 1.29 is 19.5 Å². The van der Waals surface area contributed by atoms with Crippen LogP contribution in [0.2, 0.25) is 0 Å². The molecule has 0 aromatic heterocycles. The Hall–Kier alpha value is -2.63. The highest BCUT2D eigenvalue weighted by atomic mass is 16.4. The first-order chi connectivity index (χ1) is 9.97. The number of hydrogen-bond donors (Lipinski definition) is 3. The highest BCUT2D eigenvalue weighted by Gasteiger charge is 2.36. The van der Waals surface area contributed by atoms with Crippen molar-refractivity contribution in [3.8, 4) is 0 Å². The van der Waals surface area contributed by atoms with Crippen molar-refractivity contribution in [3.63, 3.8) is 0 Å². The molecule has 1 aromatic carbocycles. The summed E-state index contributed by atoms with van der Waals surface area (Å²) in [5.41, 5.74) is 6.23. The Morgan fingerprint density at radius 3 is 2.33 bits per heavy atom. The van der Waals surface area contributed by atoms with Crippen molar-refractivity contribution in [2.75, 3.05) is 0 Å². The van der Waals surface area contributed by atoms with Crippen LogP contribution in [-0.4, -0.2) is 28.9 Å². The minimum atomic E-state index is -1.01. The number of rotatable bonds is 6. The summed E-state index contributed by atoms with van der Waals surface area (Å²) in [5, 5.41) is 11.5. The van der Waals surface area contributed by atoms with Gasteiger partial charge < -0.3 is 16.2 Å². The van der Waals surface area contributed by atoms with Gasteiger partial charge in [-0.3, -0.25) is 9.59 Å². The van der Waals surface area contributed by atoms with E-state index in [0.717, 1.165) is 12.8 Å². The topological polar surface area (TPSA) is 109 Å². The molecule has 6 heteroatoms. The molecule has 1 unspecified atom stereocenters. The second kappa shape index (κ2) is 6.21. The van der Waals surface area contributed by atoms with Gasteiger partial charge in [0.1, 0.15) is 6.04 Å². The van der Waals surface area contributed by atoms with Crippen molar-refractivity contribution >= 4 is 23.9 Å². The number of nitrogens with one attached hydrogen (secondary N) is 1. The minimum Gasteiger partial charge on any atom is -0.480 e. The number of hydrogen-bond acceptors (Lipinski definition) is 3. The van der Waals surface area contributed by atoms with Crippen molar-refractivity contribution in [2.45, 2.75) is 18.9 Å². The third kappa shape index (κ3) is 4.17. The van der Waals surface area contributed by atoms with E-state index in [-0.39, 0.29) is 5.92 Å². The van der Waals surface area contributed by atoms with E-state index in [9.17, 15) is 14.4 Å². The molecule has 1 aromatic rings. The molecule has 1 aliphatic rings. The highest BCUT2D eigenvalue weighted by molar-refractivity contribution is 5.95. The Morgan fingerprint density at radius 2 is 1.86 bits per heavy atom. The van der Waals surface area contributed by atoms with E-state index in [4.69, 9.17) is 10.8 Å². The predicted octanol–water partition coefficient (Wildman–Crippen LogP) is 0.778. The summed E-state index contributed by atoms with van der Waals surface area (Å²) in [6.07, 6.45) is 4.48. The summed E-state index contributed by atoms with van der Waals surface area (Å²) in [5.74, 6) is -1.94. The summed E-state index contributed by atoms with van der Waals surface area (Å²) >= 11 is 0. The van der Waals surface area contributed by atoms with Gasteiger partial charge in [-0.1, -0.05) is 12.1 Å². The molecule has 4 N–H and O–H groups in total. The smallest absolute Gasteiger partial charge is 0.326 e. The zero-order chi connectivity index (χ0) is 15.4. The number of carboxylic acid groups (broad SMARTS) is 1. The standard InChI is InChI=1S/C15H16N2O4/c16-14(19)11-4-1-9(2-5-11)3-8-12(18)17-13(15(20)21)10-6-7-10/h1-5,8,10,13H,6-7H2,(H2,16,19)(H,17,18)(H,20,21). The molecule has 1 fully saturated rings. The van der Waals surface area contributed by atoms with Crippen molar-refractivity contribution in [1.82, 2.24) is 5.32 Å². The Labute approximate surface area is 121 Å². The number of nitrogens with two attached hydrogens (primary N) is 1. The molecule has 1 aliphatic carbocycles. The molecule has 0 saturated heterocycles. The summed E-state index contributed by atoms with van der Waals surface area (Å²) in [4.78, 5) is 33.6. The maximum absolute atomic E-state index is 11.7. The Bertz CT molecular complexity index is 588. The molecule has 0 aliphatic heterocycles. The van der Waals surface area contributed by atoms with Crippen molar-refractivity contribution in [2.24, 2.45) is 11.7 Å². The van der Waals surface area contributed by atoms with E-state index >= 15 is 0 Å². The van der Waals surface area contributed by atoms with E-state index in [1.807, 2.05) is 0 Å². The molecule has 0 spiro atoms. The monoisotopic (exact) mass is 288 g/mol. The second-order valence-corrected chi connectivity index (χ2v) is 4.98. The van der Waals surface area contributed by atoms with Gasteiger partial charge in [0.25, 0.3) is 0 Å². The fraction of sp³-hybridized carbons (Fsp3) is 0.267. The molecule has 6 nitrogen and oxygen atoms in total. The number of benzene rings is 1. The Balaban J connectivity index is 1.94. The van der Waals surface area contributed by atoms with Crippen LogP contribution < -0.4 is 11.1 Å². The maximum Gasteiger partial charge on any atom is 0.326 e. The fourth-order valence-corrected chi connectivity index (χ4v) is 1.94. The van der Waals surface area contributed by atoms with Gasteiger partial charge >= 0.3 is 5.97 Å². The summed E-state index contributed by atoms with van der Waals surface area (Å²) in [7, 11) is 0. The van der Waals surface area contributed by atoms with E-state index in [2.05, 4.69) is 5.32 Å². The first-order valence-electron chi connectivity index (χ1n) is 6.58. The van der Waals surface area contributed by atoms with Crippen molar-refractivity contribution in [3.05, 3.63) is 41.5 Å². The lowest BCUT2D eigenvalue weighted by Crippen LogP contribution is -2.41. The fourth-order valence-electron chi connectivity index (χ4n) is 1.94. The van der Waals surface area contributed by atoms with Crippen LogP contribution in [0.15, 0.2) is 30.3 Å². The van der Waals surface area contributed by atoms with Gasteiger partial charge in [-0.15, -0.1) is 0 Å². The number of carbonyl (C=O) groups is 3. The SMILES string of the molecule is NC(=O)c1ccc(C=CC(=O)NC(C(=O)O)C2CC2)cc1. The highest BCUT2D eigenvalue weighted by Crippen LogP contribution is 2.32. The van der Waals surface area contributed by atoms with Crippen LogP contribution in [-0.2, 0) is 9.59 Å². The van der Waals surface area contributed by atoms with Crippen LogP contribution >= 0.6 is 0 Å². The molecule has 21 heavy (non-hydrogen) atoms. The molecule has 0 bridgehead atoms. The lowest BCUT2D eigenvalue weighted by molar-refractivity contribution is -0.141. The summed E-state index contributed by atoms with van der Waals surface area (Å²) in [6, 6.07) is 5.60. The number of primary amides is 1. The lowest BCUT2D eigenvalue weighted by Gasteiger charge is -2.11. The largest absolute Gasteiger partial charge is 0.480 e. The quantitative estimate of drug-likeness (QED) is 0.672. The molecule has 1 saturated carbocycles. The zero-order valence-corrected chi connectivity index (χ0v) is 11.3. The minimum absolute atomic E-state index is 0.0368. The van der Waals surface area contributed by atoms with Crippen LogP contribution in [0.5, 0.6) is 0 Å². The number of carboxylic acids is 1. The summed E-state index contributed by atoms with van der Waals surface area (Å²) < 4.78 is 0. The van der Waals surface area contributed by atoms with Gasteiger partial charge in [0.05, 0.1) is 0 Å². The number of aliphatic carboxylic acids is 1. The van der Waals surface area contributed by atoms with Crippen LogP contribution in [0.25, 0.3) is 6.08 Å². The molecular weight excluding hydrogens is 272 g/mol. The lowest BCUT2D eigenvalue weighted by atomic mass is 10.1. The van der Waals surface area contributed by atoms with E-state index in [1.54, 1.807) is 30.3 Å². The predicted molar refractivity (Wildman–Crippen MR) is 76.3 cm³/mol. The number of amides is 2. The van der Waals surface area contributed by atoms with Gasteiger partial charge in [-0.05, 0) is 42.5 Å². The Kier molecular flexibility index (Phi) is 4.37.